The molecule has 0 saturated carbocycles. The molecular formula is C21H18ClIN2O. The molecule has 0 spiro atoms. The van der Waals surface area contributed by atoms with Crippen molar-refractivity contribution < 1.29 is 4.79 Å². The zero-order valence-electron chi connectivity index (χ0n) is 14.2. The van der Waals surface area contributed by atoms with E-state index in [0.29, 0.717) is 10.6 Å². The lowest BCUT2D eigenvalue weighted by molar-refractivity contribution is 0.102. The first-order valence-electron chi connectivity index (χ1n) is 8.21. The summed E-state index contributed by atoms with van der Waals surface area (Å²) in [6.07, 6.45) is 0. The van der Waals surface area contributed by atoms with Gasteiger partial charge < -0.3 is 10.6 Å². The van der Waals surface area contributed by atoms with Gasteiger partial charge in [-0.05, 0) is 77.5 Å². The second kappa shape index (κ2) is 8.56. The molecule has 0 bridgehead atoms. The van der Waals surface area contributed by atoms with Crippen molar-refractivity contribution in [3.63, 3.8) is 0 Å². The van der Waals surface area contributed by atoms with E-state index in [1.165, 1.54) is 5.56 Å². The number of hydrogen-bond donors (Lipinski definition) is 2. The Morgan fingerprint density at radius 3 is 2.27 bits per heavy atom. The molecule has 0 radical (unpaired) electrons. The summed E-state index contributed by atoms with van der Waals surface area (Å²) < 4.78 is 0.822. The fourth-order valence-corrected chi connectivity index (χ4v) is 3.71. The van der Waals surface area contributed by atoms with Gasteiger partial charge in [-0.25, -0.2) is 0 Å². The van der Waals surface area contributed by atoms with E-state index in [1.54, 1.807) is 18.2 Å². The SMILES string of the molecule is CC(Nc1ccc(NC(=O)c2ccc(Cl)cc2I)cc1)c1ccccc1. The second-order valence-electron chi connectivity index (χ2n) is 5.93. The fourth-order valence-electron chi connectivity index (χ4n) is 2.60. The number of carbonyl (C=O) groups is 1. The van der Waals surface area contributed by atoms with Crippen LogP contribution in [0.1, 0.15) is 28.9 Å². The van der Waals surface area contributed by atoms with Crippen molar-refractivity contribution in [1.29, 1.82) is 0 Å². The minimum Gasteiger partial charge on any atom is -0.379 e. The average molecular weight is 477 g/mol. The van der Waals surface area contributed by atoms with Crippen molar-refractivity contribution in [2.45, 2.75) is 13.0 Å². The normalized spacial score (nSPS) is 11.7. The molecule has 0 saturated heterocycles. The molecule has 1 unspecified atom stereocenters. The first-order valence-corrected chi connectivity index (χ1v) is 9.66. The standard InChI is InChI=1S/C21H18ClIN2O/c1-14(15-5-3-2-4-6-15)24-17-8-10-18(11-9-17)25-21(26)19-12-7-16(22)13-20(19)23/h2-14,24H,1H3,(H,25,26). The van der Waals surface area contributed by atoms with Crippen molar-refractivity contribution in [2.24, 2.45) is 0 Å². The van der Waals surface area contributed by atoms with Gasteiger partial charge in [0.2, 0.25) is 0 Å². The number of amides is 1. The summed E-state index contributed by atoms with van der Waals surface area (Å²) >= 11 is 8.05. The lowest BCUT2D eigenvalue weighted by Gasteiger charge is -2.16. The third-order valence-corrected chi connectivity index (χ3v) is 5.13. The zero-order chi connectivity index (χ0) is 18.5. The van der Waals surface area contributed by atoms with Crippen LogP contribution in [0.5, 0.6) is 0 Å². The van der Waals surface area contributed by atoms with Crippen molar-refractivity contribution in [3.8, 4) is 0 Å². The molecule has 0 heterocycles. The van der Waals surface area contributed by atoms with E-state index >= 15 is 0 Å². The van der Waals surface area contributed by atoms with Gasteiger partial charge in [-0.1, -0.05) is 41.9 Å². The minimum absolute atomic E-state index is 0.149. The molecule has 2 N–H and O–H groups in total. The summed E-state index contributed by atoms with van der Waals surface area (Å²) in [5.74, 6) is -0.149. The molecule has 0 fully saturated rings. The summed E-state index contributed by atoms with van der Waals surface area (Å²) in [4.78, 5) is 12.4. The van der Waals surface area contributed by atoms with Gasteiger partial charge in [-0.3, -0.25) is 4.79 Å². The maximum absolute atomic E-state index is 12.4. The van der Waals surface area contributed by atoms with E-state index in [2.05, 4.69) is 52.3 Å². The monoisotopic (exact) mass is 476 g/mol. The number of hydrogen-bond acceptors (Lipinski definition) is 2. The molecule has 1 atom stereocenters. The van der Waals surface area contributed by atoms with Gasteiger partial charge in [-0.2, -0.15) is 0 Å². The fraction of sp³-hybridized carbons (Fsp3) is 0.0952. The first-order chi connectivity index (χ1) is 12.5. The van der Waals surface area contributed by atoms with Crippen molar-refractivity contribution in [1.82, 2.24) is 0 Å². The lowest BCUT2D eigenvalue weighted by atomic mass is 10.1. The lowest BCUT2D eigenvalue weighted by Crippen LogP contribution is -2.13. The van der Waals surface area contributed by atoms with E-state index < -0.39 is 0 Å². The van der Waals surface area contributed by atoms with Crippen LogP contribution in [0.25, 0.3) is 0 Å². The third-order valence-electron chi connectivity index (χ3n) is 4.00. The predicted molar refractivity (Wildman–Crippen MR) is 117 cm³/mol. The Morgan fingerprint density at radius 2 is 1.62 bits per heavy atom. The van der Waals surface area contributed by atoms with Crippen LogP contribution in [-0.2, 0) is 0 Å². The molecule has 0 aliphatic carbocycles. The van der Waals surface area contributed by atoms with Gasteiger partial charge >= 0.3 is 0 Å². The summed E-state index contributed by atoms with van der Waals surface area (Å²) in [5, 5.41) is 6.99. The Morgan fingerprint density at radius 1 is 0.962 bits per heavy atom. The summed E-state index contributed by atoms with van der Waals surface area (Å²) in [6, 6.07) is 23.4. The molecule has 26 heavy (non-hydrogen) atoms. The van der Waals surface area contributed by atoms with E-state index in [4.69, 9.17) is 11.6 Å². The van der Waals surface area contributed by atoms with Gasteiger partial charge in [0.25, 0.3) is 5.91 Å². The Kier molecular flexibility index (Phi) is 6.16. The highest BCUT2D eigenvalue weighted by molar-refractivity contribution is 14.1. The maximum Gasteiger partial charge on any atom is 0.256 e. The molecule has 3 aromatic rings. The highest BCUT2D eigenvalue weighted by Gasteiger charge is 2.11. The minimum atomic E-state index is -0.149. The number of carbonyl (C=O) groups excluding carboxylic acids is 1. The van der Waals surface area contributed by atoms with Crippen LogP contribution in [0.4, 0.5) is 11.4 Å². The number of nitrogens with one attached hydrogen (secondary N) is 2. The number of rotatable bonds is 5. The molecule has 1 amide bonds. The third kappa shape index (κ3) is 4.77. The van der Waals surface area contributed by atoms with Gasteiger partial charge in [0, 0.05) is 26.0 Å². The second-order valence-corrected chi connectivity index (χ2v) is 7.53. The smallest absolute Gasteiger partial charge is 0.256 e. The average Bonchev–Trinajstić information content (AvgIpc) is 2.64. The molecule has 0 aliphatic heterocycles. The first kappa shape index (κ1) is 18.7. The van der Waals surface area contributed by atoms with Crippen LogP contribution in [0.15, 0.2) is 72.8 Å². The van der Waals surface area contributed by atoms with E-state index in [-0.39, 0.29) is 11.9 Å². The zero-order valence-corrected chi connectivity index (χ0v) is 17.1. The number of benzene rings is 3. The Bertz CT molecular complexity index is 898. The van der Waals surface area contributed by atoms with Gasteiger partial charge in [-0.15, -0.1) is 0 Å². The summed E-state index contributed by atoms with van der Waals surface area (Å²) in [6.45, 7) is 2.12. The van der Waals surface area contributed by atoms with Crippen molar-refractivity contribution >= 4 is 51.5 Å². The van der Waals surface area contributed by atoms with Crippen LogP contribution in [0.2, 0.25) is 5.02 Å². The predicted octanol–water partition coefficient (Wildman–Crippen LogP) is 6.37. The van der Waals surface area contributed by atoms with Crippen LogP contribution in [-0.4, -0.2) is 5.91 Å². The number of halogens is 2. The molecule has 3 aromatic carbocycles. The molecular weight excluding hydrogens is 459 g/mol. The van der Waals surface area contributed by atoms with Crippen molar-refractivity contribution in [2.75, 3.05) is 10.6 Å². The number of anilines is 2. The largest absolute Gasteiger partial charge is 0.379 e. The quantitative estimate of drug-likeness (QED) is 0.420. The Balaban J connectivity index is 1.65. The molecule has 132 valence electrons. The van der Waals surface area contributed by atoms with E-state index in [1.807, 2.05) is 42.5 Å². The Labute approximate surface area is 171 Å². The maximum atomic E-state index is 12.4. The summed E-state index contributed by atoms with van der Waals surface area (Å²) in [7, 11) is 0. The van der Waals surface area contributed by atoms with E-state index in [0.717, 1.165) is 14.9 Å². The van der Waals surface area contributed by atoms with Gasteiger partial charge in [0.05, 0.1) is 5.56 Å². The van der Waals surface area contributed by atoms with E-state index in [9.17, 15) is 4.79 Å². The molecule has 3 nitrogen and oxygen atoms in total. The summed E-state index contributed by atoms with van der Waals surface area (Å²) in [5.41, 5.74) is 3.58. The van der Waals surface area contributed by atoms with Crippen LogP contribution in [0.3, 0.4) is 0 Å². The van der Waals surface area contributed by atoms with Gasteiger partial charge in [0.15, 0.2) is 0 Å². The highest BCUT2D eigenvalue weighted by Crippen LogP contribution is 2.22. The van der Waals surface area contributed by atoms with Crippen molar-refractivity contribution in [3.05, 3.63) is 92.5 Å². The molecule has 3 rings (SSSR count). The molecule has 0 aliphatic rings. The topological polar surface area (TPSA) is 41.1 Å². The van der Waals surface area contributed by atoms with Crippen LogP contribution < -0.4 is 10.6 Å². The highest BCUT2D eigenvalue weighted by atomic mass is 127. The molecule has 0 aromatic heterocycles. The van der Waals surface area contributed by atoms with Crippen LogP contribution >= 0.6 is 34.2 Å². The molecule has 5 heteroatoms. The van der Waals surface area contributed by atoms with Crippen LogP contribution in [0, 0.1) is 3.57 Å². The van der Waals surface area contributed by atoms with Gasteiger partial charge in [0.1, 0.15) is 0 Å². The Hall–Kier alpha value is -2.05.